The van der Waals surface area contributed by atoms with E-state index in [1.165, 1.54) is 13.1 Å². The van der Waals surface area contributed by atoms with E-state index < -0.39 is 33.2 Å². The largest absolute Gasteiger partial charge is 0.386 e. The standard InChI is InChI=1S/C26H24Cl2N2O6S/c1-16(31)24(32)26(14-20-11-10-19(28)15-29-20)23-21(17-6-8-18(27)9-7-17)4-3-5-22(23)25(33)30(26)36-12-13-37(2,34)35/h3-11,15-16,31H,12-14H2,1-2H3/t16?,26-/m1/s1. The van der Waals surface area contributed by atoms with Gasteiger partial charge in [0.05, 0.1) is 17.4 Å². The number of aliphatic hydroxyl groups excluding tert-OH is 1. The highest BCUT2D eigenvalue weighted by molar-refractivity contribution is 7.90. The van der Waals surface area contributed by atoms with Crippen LogP contribution in [-0.2, 0) is 31.4 Å². The number of ketones is 1. The van der Waals surface area contributed by atoms with Gasteiger partial charge in [0, 0.05) is 40.7 Å². The molecule has 194 valence electrons. The van der Waals surface area contributed by atoms with Crippen molar-refractivity contribution in [2.75, 3.05) is 18.6 Å². The number of rotatable bonds is 9. The van der Waals surface area contributed by atoms with Gasteiger partial charge in [-0.1, -0.05) is 47.5 Å². The molecular weight excluding hydrogens is 539 g/mol. The molecule has 4 rings (SSSR count). The van der Waals surface area contributed by atoms with Crippen LogP contribution in [0.2, 0.25) is 10.0 Å². The van der Waals surface area contributed by atoms with E-state index in [4.69, 9.17) is 28.0 Å². The van der Waals surface area contributed by atoms with Gasteiger partial charge in [-0.25, -0.2) is 8.42 Å². The molecule has 0 aliphatic carbocycles. The number of carbonyl (C=O) groups excluding carboxylic acids is 2. The molecule has 0 saturated heterocycles. The predicted molar refractivity (Wildman–Crippen MR) is 140 cm³/mol. The van der Waals surface area contributed by atoms with Gasteiger partial charge in [0.15, 0.2) is 11.3 Å². The molecule has 3 aromatic rings. The number of Topliss-reactive ketones (excluding diaryl/α,β-unsaturated/α-hetero) is 1. The van der Waals surface area contributed by atoms with Crippen LogP contribution < -0.4 is 0 Å². The Labute approximate surface area is 224 Å². The first-order chi connectivity index (χ1) is 17.4. The molecule has 8 nitrogen and oxygen atoms in total. The Hall–Kier alpha value is -2.82. The normalized spacial score (nSPS) is 18.1. The Morgan fingerprint density at radius 3 is 2.32 bits per heavy atom. The summed E-state index contributed by atoms with van der Waals surface area (Å²) in [5.41, 5.74) is 0.300. The summed E-state index contributed by atoms with van der Waals surface area (Å²) in [6.07, 6.45) is 0.803. The first-order valence-corrected chi connectivity index (χ1v) is 14.1. The SMILES string of the molecule is CC(O)C(=O)[C@@]1(Cc2ccc(Cl)cn2)c2c(cccc2-c2ccc(Cl)cc2)C(=O)N1OCCS(C)(=O)=O. The fourth-order valence-corrected chi connectivity index (χ4v) is 5.08. The molecule has 0 fully saturated rings. The van der Waals surface area contributed by atoms with Crippen LogP contribution in [0.1, 0.15) is 28.5 Å². The number of hydrogen-bond acceptors (Lipinski definition) is 7. The zero-order valence-electron chi connectivity index (χ0n) is 20.0. The molecule has 1 amide bonds. The molecule has 1 aliphatic rings. The van der Waals surface area contributed by atoms with Crippen molar-refractivity contribution in [2.45, 2.75) is 25.0 Å². The van der Waals surface area contributed by atoms with Crippen LogP contribution in [0.3, 0.4) is 0 Å². The van der Waals surface area contributed by atoms with Crippen LogP contribution in [0.15, 0.2) is 60.8 Å². The average molecular weight is 563 g/mol. The molecule has 1 aliphatic heterocycles. The maximum Gasteiger partial charge on any atom is 0.279 e. The number of nitrogens with zero attached hydrogens (tertiary/aromatic N) is 2. The summed E-state index contributed by atoms with van der Waals surface area (Å²) < 4.78 is 23.5. The van der Waals surface area contributed by atoms with E-state index in [2.05, 4.69) is 4.98 Å². The van der Waals surface area contributed by atoms with Crippen molar-refractivity contribution in [2.24, 2.45) is 0 Å². The van der Waals surface area contributed by atoms with Crippen LogP contribution >= 0.6 is 23.2 Å². The molecule has 1 N–H and O–H groups in total. The van der Waals surface area contributed by atoms with Gasteiger partial charge in [0.2, 0.25) is 0 Å². The van der Waals surface area contributed by atoms with Gasteiger partial charge in [-0.05, 0) is 48.4 Å². The third kappa shape index (κ3) is 5.42. The molecule has 2 atom stereocenters. The maximum atomic E-state index is 13.9. The summed E-state index contributed by atoms with van der Waals surface area (Å²) >= 11 is 12.1. The van der Waals surface area contributed by atoms with E-state index in [1.807, 2.05) is 0 Å². The van der Waals surface area contributed by atoms with Crippen molar-refractivity contribution in [3.8, 4) is 11.1 Å². The monoisotopic (exact) mass is 562 g/mol. The average Bonchev–Trinajstić information content (AvgIpc) is 3.08. The highest BCUT2D eigenvalue weighted by Gasteiger charge is 2.58. The summed E-state index contributed by atoms with van der Waals surface area (Å²) in [6, 6.07) is 15.1. The third-order valence-electron chi connectivity index (χ3n) is 6.08. The van der Waals surface area contributed by atoms with Crippen molar-refractivity contribution in [3.63, 3.8) is 0 Å². The quantitative estimate of drug-likeness (QED) is 0.421. The number of aromatic nitrogens is 1. The third-order valence-corrected chi connectivity index (χ3v) is 7.47. The molecule has 0 radical (unpaired) electrons. The highest BCUT2D eigenvalue weighted by Crippen LogP contribution is 2.48. The van der Waals surface area contributed by atoms with Gasteiger partial charge in [0.1, 0.15) is 15.9 Å². The number of hydrogen-bond donors (Lipinski definition) is 1. The Morgan fingerprint density at radius 2 is 1.73 bits per heavy atom. The Balaban J connectivity index is 1.98. The number of fused-ring (bicyclic) bond motifs is 1. The summed E-state index contributed by atoms with van der Waals surface area (Å²) in [6.45, 7) is 0.930. The molecule has 11 heteroatoms. The van der Waals surface area contributed by atoms with Crippen LogP contribution in [0.25, 0.3) is 11.1 Å². The van der Waals surface area contributed by atoms with Crippen LogP contribution in [0, 0.1) is 0 Å². The van der Waals surface area contributed by atoms with Gasteiger partial charge < -0.3 is 5.11 Å². The van der Waals surface area contributed by atoms with E-state index in [-0.39, 0.29) is 24.3 Å². The van der Waals surface area contributed by atoms with E-state index in [0.717, 1.165) is 11.3 Å². The second-order valence-corrected chi connectivity index (χ2v) is 12.0. The minimum Gasteiger partial charge on any atom is -0.386 e. The van der Waals surface area contributed by atoms with Crippen molar-refractivity contribution < 1.29 is 28.0 Å². The topological polar surface area (TPSA) is 114 Å². The molecule has 37 heavy (non-hydrogen) atoms. The smallest absolute Gasteiger partial charge is 0.279 e. The van der Waals surface area contributed by atoms with Gasteiger partial charge in [-0.2, -0.15) is 5.06 Å². The maximum absolute atomic E-state index is 13.9. The number of carbonyl (C=O) groups is 2. The number of aliphatic hydroxyl groups is 1. The lowest BCUT2D eigenvalue weighted by atomic mass is 9.76. The predicted octanol–water partition coefficient (Wildman–Crippen LogP) is 3.88. The minimum absolute atomic E-state index is 0.157. The van der Waals surface area contributed by atoms with Crippen molar-refractivity contribution in [1.29, 1.82) is 0 Å². The van der Waals surface area contributed by atoms with E-state index in [1.54, 1.807) is 54.6 Å². The number of amides is 1. The van der Waals surface area contributed by atoms with Gasteiger partial charge in [-0.3, -0.25) is 19.4 Å². The van der Waals surface area contributed by atoms with Crippen LogP contribution in [-0.4, -0.2) is 60.0 Å². The molecule has 0 spiro atoms. The fourth-order valence-electron chi connectivity index (χ4n) is 4.47. The summed E-state index contributed by atoms with van der Waals surface area (Å²) in [4.78, 5) is 37.8. The molecule has 1 unspecified atom stereocenters. The van der Waals surface area contributed by atoms with Gasteiger partial charge in [-0.15, -0.1) is 0 Å². The van der Waals surface area contributed by atoms with E-state index in [0.29, 0.717) is 32.4 Å². The first-order valence-electron chi connectivity index (χ1n) is 11.3. The van der Waals surface area contributed by atoms with Crippen LogP contribution in [0.4, 0.5) is 0 Å². The Kier molecular flexibility index (Phi) is 7.73. The van der Waals surface area contributed by atoms with Gasteiger partial charge >= 0.3 is 0 Å². The molecule has 0 saturated carbocycles. The molecule has 0 bridgehead atoms. The Bertz CT molecular complexity index is 1440. The summed E-state index contributed by atoms with van der Waals surface area (Å²) in [5, 5.41) is 12.3. The second kappa shape index (κ2) is 10.5. The number of pyridine rings is 1. The number of sulfone groups is 1. The van der Waals surface area contributed by atoms with Crippen molar-refractivity contribution >= 4 is 44.7 Å². The van der Waals surface area contributed by atoms with Gasteiger partial charge in [0.25, 0.3) is 5.91 Å². The number of benzene rings is 2. The zero-order valence-corrected chi connectivity index (χ0v) is 22.3. The summed E-state index contributed by atoms with van der Waals surface area (Å²) in [5.74, 6) is -1.73. The van der Waals surface area contributed by atoms with Crippen LogP contribution in [0.5, 0.6) is 0 Å². The number of halogens is 2. The lowest BCUT2D eigenvalue weighted by Gasteiger charge is -2.38. The molecule has 2 aromatic carbocycles. The summed E-state index contributed by atoms with van der Waals surface area (Å²) in [7, 11) is -3.43. The first kappa shape index (κ1) is 27.2. The zero-order chi connectivity index (χ0) is 27.0. The molecular formula is C26H24Cl2N2O6S. The molecule has 2 heterocycles. The molecule has 1 aromatic heterocycles. The van der Waals surface area contributed by atoms with E-state index in [9.17, 15) is 23.1 Å². The lowest BCUT2D eigenvalue weighted by Crippen LogP contribution is -2.55. The lowest BCUT2D eigenvalue weighted by molar-refractivity contribution is -0.190. The Morgan fingerprint density at radius 1 is 1.08 bits per heavy atom. The number of hydroxylamine groups is 2. The fraction of sp³-hybridized carbons (Fsp3) is 0.269. The highest BCUT2D eigenvalue weighted by atomic mass is 35.5. The minimum atomic E-state index is -3.43. The second-order valence-electron chi connectivity index (χ2n) is 8.84. The van der Waals surface area contributed by atoms with Crippen molar-refractivity contribution in [3.05, 3.63) is 87.7 Å². The van der Waals surface area contributed by atoms with E-state index >= 15 is 0 Å². The van der Waals surface area contributed by atoms with Crippen molar-refractivity contribution in [1.82, 2.24) is 10.0 Å².